The first-order chi connectivity index (χ1) is 8.60. The molecule has 0 heterocycles. The molecule has 18 heavy (non-hydrogen) atoms. The molecule has 0 radical (unpaired) electrons. The third kappa shape index (κ3) is 3.38. The topological polar surface area (TPSA) is 90.7 Å². The minimum absolute atomic E-state index is 0.204. The van der Waals surface area contributed by atoms with Gasteiger partial charge in [-0.05, 0) is 19.1 Å². The van der Waals surface area contributed by atoms with Crippen LogP contribution in [0.15, 0.2) is 18.2 Å². The number of benzene rings is 1. The highest BCUT2D eigenvalue weighted by Gasteiger charge is 2.16. The van der Waals surface area contributed by atoms with Crippen molar-refractivity contribution in [3.63, 3.8) is 0 Å². The van der Waals surface area contributed by atoms with Crippen LogP contribution in [0.3, 0.4) is 0 Å². The van der Waals surface area contributed by atoms with Gasteiger partial charge in [-0.2, -0.15) is 0 Å². The number of hydrogen-bond donors (Lipinski definition) is 2. The quantitative estimate of drug-likeness (QED) is 0.590. The van der Waals surface area contributed by atoms with Gasteiger partial charge in [0, 0.05) is 5.69 Å². The lowest BCUT2D eigenvalue weighted by atomic mass is 10.1. The lowest BCUT2D eigenvalue weighted by Gasteiger charge is -2.11. The summed E-state index contributed by atoms with van der Waals surface area (Å²) in [4.78, 5) is 23.0. The molecule has 0 aliphatic carbocycles. The average molecular weight is 252 g/mol. The van der Waals surface area contributed by atoms with Crippen molar-refractivity contribution in [2.75, 3.05) is 26.0 Å². The van der Waals surface area contributed by atoms with E-state index in [1.165, 1.54) is 7.11 Å². The van der Waals surface area contributed by atoms with E-state index >= 15 is 0 Å². The average Bonchev–Trinajstić information content (AvgIpc) is 2.36. The maximum absolute atomic E-state index is 11.9. The molecule has 1 aromatic carbocycles. The Morgan fingerprint density at radius 3 is 2.72 bits per heavy atom. The summed E-state index contributed by atoms with van der Waals surface area (Å²) in [6.45, 7) is 1.76. The Balaban J connectivity index is 2.75. The first-order valence-electron chi connectivity index (χ1n) is 5.46. The summed E-state index contributed by atoms with van der Waals surface area (Å²) in [5.41, 5.74) is 6.21. The Hall–Kier alpha value is -2.24. The van der Waals surface area contributed by atoms with Crippen molar-refractivity contribution < 1.29 is 19.1 Å². The standard InChI is InChI=1S/C12H16N2O4/c1-3-18-10(15)7-14-12(16)11-8(13)5-4-6-9(11)17-2/h4-6H,3,7,13H2,1-2H3,(H,14,16). The van der Waals surface area contributed by atoms with Gasteiger partial charge in [0.2, 0.25) is 0 Å². The molecular formula is C12H16N2O4. The van der Waals surface area contributed by atoms with Crippen molar-refractivity contribution in [1.82, 2.24) is 5.32 Å². The molecule has 1 aromatic rings. The van der Waals surface area contributed by atoms with E-state index in [1.807, 2.05) is 0 Å². The second kappa shape index (κ2) is 6.48. The van der Waals surface area contributed by atoms with E-state index in [4.69, 9.17) is 15.2 Å². The van der Waals surface area contributed by atoms with Gasteiger partial charge in [0.15, 0.2) is 0 Å². The Labute approximate surface area is 105 Å². The molecule has 6 heteroatoms. The highest BCUT2D eigenvalue weighted by molar-refractivity contribution is 6.02. The molecule has 0 atom stereocenters. The van der Waals surface area contributed by atoms with Crippen LogP contribution < -0.4 is 15.8 Å². The monoisotopic (exact) mass is 252 g/mol. The van der Waals surface area contributed by atoms with E-state index in [9.17, 15) is 9.59 Å². The van der Waals surface area contributed by atoms with Crippen LogP contribution in [0, 0.1) is 0 Å². The van der Waals surface area contributed by atoms with Gasteiger partial charge in [-0.15, -0.1) is 0 Å². The molecular weight excluding hydrogens is 236 g/mol. The second-order valence-electron chi connectivity index (χ2n) is 3.41. The first kappa shape index (κ1) is 13.8. The van der Waals surface area contributed by atoms with E-state index in [-0.39, 0.29) is 24.4 Å². The number of rotatable bonds is 5. The summed E-state index contributed by atoms with van der Waals surface area (Å²) in [7, 11) is 1.44. The number of hydrogen-bond acceptors (Lipinski definition) is 5. The Kier molecular flexibility index (Phi) is 4.98. The van der Waals surface area contributed by atoms with Gasteiger partial charge >= 0.3 is 5.97 Å². The molecule has 0 aliphatic heterocycles. The van der Waals surface area contributed by atoms with Crippen LogP contribution in [0.5, 0.6) is 5.75 Å². The summed E-state index contributed by atoms with van der Waals surface area (Å²) in [6, 6.07) is 4.88. The third-order valence-corrected chi connectivity index (χ3v) is 2.20. The fourth-order valence-corrected chi connectivity index (χ4v) is 1.41. The lowest BCUT2D eigenvalue weighted by molar-refractivity contribution is -0.141. The zero-order valence-corrected chi connectivity index (χ0v) is 10.4. The van der Waals surface area contributed by atoms with Crippen molar-refractivity contribution in [1.29, 1.82) is 0 Å². The van der Waals surface area contributed by atoms with Crippen molar-refractivity contribution in [3.05, 3.63) is 23.8 Å². The summed E-state index contributed by atoms with van der Waals surface area (Å²) in [6.07, 6.45) is 0. The molecule has 0 bridgehead atoms. The number of carbonyl (C=O) groups is 2. The summed E-state index contributed by atoms with van der Waals surface area (Å²) in [5, 5.41) is 2.43. The molecule has 3 N–H and O–H groups in total. The summed E-state index contributed by atoms with van der Waals surface area (Å²) < 4.78 is 9.74. The minimum Gasteiger partial charge on any atom is -0.496 e. The first-order valence-corrected chi connectivity index (χ1v) is 5.46. The van der Waals surface area contributed by atoms with Crippen LogP contribution in [0.1, 0.15) is 17.3 Å². The zero-order chi connectivity index (χ0) is 13.5. The molecule has 1 amide bonds. The van der Waals surface area contributed by atoms with Gasteiger partial charge < -0.3 is 20.5 Å². The van der Waals surface area contributed by atoms with Crippen LogP contribution >= 0.6 is 0 Å². The van der Waals surface area contributed by atoms with E-state index < -0.39 is 11.9 Å². The molecule has 1 rings (SSSR count). The normalized spacial score (nSPS) is 9.67. The van der Waals surface area contributed by atoms with Crippen molar-refractivity contribution in [2.45, 2.75) is 6.92 Å². The number of ether oxygens (including phenoxy) is 2. The third-order valence-electron chi connectivity index (χ3n) is 2.20. The zero-order valence-electron chi connectivity index (χ0n) is 10.4. The highest BCUT2D eigenvalue weighted by atomic mass is 16.5. The maximum Gasteiger partial charge on any atom is 0.325 e. The Bertz CT molecular complexity index is 446. The largest absolute Gasteiger partial charge is 0.496 e. The predicted molar refractivity (Wildman–Crippen MR) is 66.4 cm³/mol. The smallest absolute Gasteiger partial charge is 0.325 e. The number of carbonyl (C=O) groups excluding carboxylic acids is 2. The highest BCUT2D eigenvalue weighted by Crippen LogP contribution is 2.23. The fourth-order valence-electron chi connectivity index (χ4n) is 1.41. The fraction of sp³-hybridized carbons (Fsp3) is 0.333. The number of nitrogen functional groups attached to an aromatic ring is 1. The van der Waals surface area contributed by atoms with Gasteiger partial charge in [0.1, 0.15) is 17.9 Å². The molecule has 6 nitrogen and oxygen atoms in total. The van der Waals surface area contributed by atoms with Gasteiger partial charge in [0.05, 0.1) is 13.7 Å². The molecule has 0 spiro atoms. The molecule has 0 aliphatic rings. The maximum atomic E-state index is 11.9. The van der Waals surface area contributed by atoms with Crippen molar-refractivity contribution in [2.24, 2.45) is 0 Å². The van der Waals surface area contributed by atoms with Crippen LogP contribution in [-0.4, -0.2) is 32.1 Å². The SMILES string of the molecule is CCOC(=O)CNC(=O)c1c(N)cccc1OC. The van der Waals surface area contributed by atoms with E-state index in [1.54, 1.807) is 25.1 Å². The summed E-state index contributed by atoms with van der Waals surface area (Å²) >= 11 is 0. The van der Waals surface area contributed by atoms with Gasteiger partial charge in [-0.1, -0.05) is 6.07 Å². The summed E-state index contributed by atoms with van der Waals surface area (Å²) in [5.74, 6) is -0.617. The molecule has 0 saturated heterocycles. The van der Waals surface area contributed by atoms with Crippen molar-refractivity contribution >= 4 is 17.6 Å². The molecule has 0 saturated carbocycles. The lowest BCUT2D eigenvalue weighted by Crippen LogP contribution is -2.31. The van der Waals surface area contributed by atoms with Gasteiger partial charge in [-0.3, -0.25) is 9.59 Å². The Morgan fingerprint density at radius 2 is 2.11 bits per heavy atom. The number of anilines is 1. The van der Waals surface area contributed by atoms with Crippen LogP contribution in [0.2, 0.25) is 0 Å². The van der Waals surface area contributed by atoms with E-state index in [0.29, 0.717) is 5.75 Å². The molecule has 0 aromatic heterocycles. The number of nitrogens with two attached hydrogens (primary N) is 1. The van der Waals surface area contributed by atoms with Gasteiger partial charge in [-0.25, -0.2) is 0 Å². The number of methoxy groups -OCH3 is 1. The minimum atomic E-state index is -0.501. The second-order valence-corrected chi connectivity index (χ2v) is 3.41. The molecule has 98 valence electrons. The number of amides is 1. The molecule has 0 unspecified atom stereocenters. The number of esters is 1. The predicted octanol–water partition coefficient (Wildman–Crippen LogP) is 0.570. The van der Waals surface area contributed by atoms with Crippen LogP contribution in [0.25, 0.3) is 0 Å². The molecule has 0 fully saturated rings. The Morgan fingerprint density at radius 1 is 1.39 bits per heavy atom. The van der Waals surface area contributed by atoms with E-state index in [0.717, 1.165) is 0 Å². The van der Waals surface area contributed by atoms with Gasteiger partial charge in [0.25, 0.3) is 5.91 Å². The van der Waals surface area contributed by atoms with E-state index in [2.05, 4.69) is 5.32 Å². The number of nitrogens with one attached hydrogen (secondary N) is 1. The van der Waals surface area contributed by atoms with Crippen LogP contribution in [-0.2, 0) is 9.53 Å². The van der Waals surface area contributed by atoms with Crippen LogP contribution in [0.4, 0.5) is 5.69 Å². The van der Waals surface area contributed by atoms with Crippen molar-refractivity contribution in [3.8, 4) is 5.75 Å².